The van der Waals surface area contributed by atoms with E-state index >= 15 is 0 Å². The topological polar surface area (TPSA) is 118 Å². The molecule has 1 aliphatic heterocycles. The Hall–Kier alpha value is -4.18. The van der Waals surface area contributed by atoms with Crippen molar-refractivity contribution in [3.8, 4) is 44.9 Å². The average Bonchev–Trinajstić information content (AvgIpc) is 3.56. The Kier molecular flexibility index (Phi) is 9.76. The fourth-order valence-electron chi connectivity index (χ4n) is 4.91. The van der Waals surface area contributed by atoms with E-state index in [9.17, 15) is 4.79 Å². The monoisotopic (exact) mass is 619 g/mol. The molecule has 4 aromatic rings. The SMILES string of the molecule is COc1cc(-c2cccc(-c3cccc(-c4cnc(C5=NCCN5)c(OC)c4)c3Cl)c2Cl)cnc1CNCCCC(=O)O. The number of nitrogens with zero attached hydrogens (tertiary/aromatic N) is 3. The van der Waals surface area contributed by atoms with E-state index in [0.717, 1.165) is 51.5 Å². The van der Waals surface area contributed by atoms with Gasteiger partial charge in [-0.25, -0.2) is 4.98 Å². The fraction of sp³-hybridized carbons (Fsp3) is 0.250. The number of amidine groups is 1. The molecule has 222 valence electrons. The highest BCUT2D eigenvalue weighted by Crippen LogP contribution is 2.43. The smallest absolute Gasteiger partial charge is 0.303 e. The maximum absolute atomic E-state index is 10.7. The second kappa shape index (κ2) is 13.9. The summed E-state index contributed by atoms with van der Waals surface area (Å²) in [5.74, 6) is 1.12. The van der Waals surface area contributed by atoms with Crippen molar-refractivity contribution in [1.29, 1.82) is 0 Å². The molecule has 0 aliphatic carbocycles. The van der Waals surface area contributed by atoms with Crippen LogP contribution < -0.4 is 20.1 Å². The molecule has 0 spiro atoms. The molecule has 11 heteroatoms. The molecular formula is C32H31Cl2N5O4. The van der Waals surface area contributed by atoms with Gasteiger partial charge in [0, 0.05) is 65.3 Å². The zero-order valence-electron chi connectivity index (χ0n) is 23.8. The summed E-state index contributed by atoms with van der Waals surface area (Å²) in [5, 5.41) is 16.3. The van der Waals surface area contributed by atoms with Crippen molar-refractivity contribution in [2.75, 3.05) is 33.9 Å². The Bertz CT molecular complexity index is 1680. The number of hydrogen-bond acceptors (Lipinski definition) is 8. The molecule has 9 nitrogen and oxygen atoms in total. The molecule has 0 amide bonds. The van der Waals surface area contributed by atoms with Crippen LogP contribution in [0.2, 0.25) is 10.0 Å². The van der Waals surface area contributed by atoms with Crippen LogP contribution in [-0.4, -0.2) is 60.7 Å². The number of nitrogens with one attached hydrogen (secondary N) is 2. The Balaban J connectivity index is 1.44. The number of halogens is 2. The predicted octanol–water partition coefficient (Wildman–Crippen LogP) is 6.11. The Morgan fingerprint density at radius 2 is 1.53 bits per heavy atom. The first-order chi connectivity index (χ1) is 20.9. The summed E-state index contributed by atoms with van der Waals surface area (Å²) in [7, 11) is 3.20. The summed E-state index contributed by atoms with van der Waals surface area (Å²) in [5.41, 5.74) is 6.10. The second-order valence-electron chi connectivity index (χ2n) is 9.81. The third kappa shape index (κ3) is 6.74. The molecule has 1 aliphatic rings. The summed E-state index contributed by atoms with van der Waals surface area (Å²) in [4.78, 5) is 24.4. The van der Waals surface area contributed by atoms with Gasteiger partial charge in [-0.05, 0) is 25.1 Å². The van der Waals surface area contributed by atoms with Gasteiger partial charge in [0.05, 0.1) is 36.5 Å². The van der Waals surface area contributed by atoms with Gasteiger partial charge in [-0.3, -0.25) is 14.8 Å². The van der Waals surface area contributed by atoms with Crippen molar-refractivity contribution >= 4 is 35.0 Å². The first-order valence-corrected chi connectivity index (χ1v) is 14.5. The molecule has 0 atom stereocenters. The lowest BCUT2D eigenvalue weighted by atomic mass is 9.96. The van der Waals surface area contributed by atoms with E-state index in [2.05, 4.69) is 25.6 Å². The van der Waals surface area contributed by atoms with Crippen molar-refractivity contribution in [3.63, 3.8) is 0 Å². The van der Waals surface area contributed by atoms with Gasteiger partial charge >= 0.3 is 5.97 Å². The number of rotatable bonds is 12. The van der Waals surface area contributed by atoms with Crippen LogP contribution in [0.3, 0.4) is 0 Å². The van der Waals surface area contributed by atoms with Crippen molar-refractivity contribution in [2.45, 2.75) is 19.4 Å². The molecule has 2 aromatic heterocycles. The third-order valence-corrected chi connectivity index (χ3v) is 7.88. The van der Waals surface area contributed by atoms with Crippen LogP contribution >= 0.6 is 23.2 Å². The quantitative estimate of drug-likeness (QED) is 0.163. The van der Waals surface area contributed by atoms with Gasteiger partial charge in [0.2, 0.25) is 0 Å². The fourth-order valence-corrected chi connectivity index (χ4v) is 5.58. The Labute approximate surface area is 259 Å². The predicted molar refractivity (Wildman–Crippen MR) is 169 cm³/mol. The maximum atomic E-state index is 10.7. The third-order valence-electron chi connectivity index (χ3n) is 7.07. The van der Waals surface area contributed by atoms with Crippen LogP contribution in [0.1, 0.15) is 24.2 Å². The summed E-state index contributed by atoms with van der Waals surface area (Å²) >= 11 is 14.1. The van der Waals surface area contributed by atoms with Crippen molar-refractivity contribution in [3.05, 3.63) is 82.4 Å². The number of pyridine rings is 2. The number of aromatic nitrogens is 2. The Morgan fingerprint density at radius 3 is 2.12 bits per heavy atom. The van der Waals surface area contributed by atoms with E-state index in [-0.39, 0.29) is 6.42 Å². The summed E-state index contributed by atoms with van der Waals surface area (Å²) < 4.78 is 11.3. The molecule has 0 saturated heterocycles. The van der Waals surface area contributed by atoms with Crippen molar-refractivity contribution in [1.82, 2.24) is 20.6 Å². The standard InChI is InChI=1S/C32H31Cl2N5O4/c1-42-26-14-19(16-38-25(26)18-35-11-5-10-28(40)41)21-6-3-8-23(29(21)33)24-9-4-7-22(30(24)34)20-15-27(43-2)31(39-17-20)32-36-12-13-37-32/h3-4,6-9,14-17,35H,5,10-13,18H2,1-2H3,(H,36,37)(H,40,41). The minimum Gasteiger partial charge on any atom is -0.495 e. The minimum atomic E-state index is -0.812. The second-order valence-corrected chi connectivity index (χ2v) is 10.6. The van der Waals surface area contributed by atoms with Crippen LogP contribution in [0.4, 0.5) is 0 Å². The van der Waals surface area contributed by atoms with Gasteiger partial charge in [0.15, 0.2) is 5.84 Å². The lowest BCUT2D eigenvalue weighted by Gasteiger charge is -2.16. The molecule has 0 radical (unpaired) electrons. The largest absolute Gasteiger partial charge is 0.495 e. The number of methoxy groups -OCH3 is 2. The number of aliphatic carboxylic acids is 1. The Morgan fingerprint density at radius 1 is 0.930 bits per heavy atom. The van der Waals surface area contributed by atoms with Gasteiger partial charge in [-0.2, -0.15) is 0 Å². The highest BCUT2D eigenvalue weighted by molar-refractivity contribution is 6.39. The molecule has 5 rings (SSSR count). The highest BCUT2D eigenvalue weighted by atomic mass is 35.5. The van der Waals surface area contributed by atoms with E-state index in [1.807, 2.05) is 48.5 Å². The van der Waals surface area contributed by atoms with Gasteiger partial charge in [0.25, 0.3) is 0 Å². The number of carboxylic acids is 1. The zero-order valence-corrected chi connectivity index (χ0v) is 25.3. The average molecular weight is 621 g/mol. The number of carboxylic acid groups (broad SMARTS) is 1. The lowest BCUT2D eigenvalue weighted by molar-refractivity contribution is -0.137. The van der Waals surface area contributed by atoms with E-state index in [1.54, 1.807) is 26.6 Å². The van der Waals surface area contributed by atoms with E-state index in [4.69, 9.17) is 37.8 Å². The molecule has 43 heavy (non-hydrogen) atoms. The summed E-state index contributed by atoms with van der Waals surface area (Å²) in [6.07, 6.45) is 4.17. The summed E-state index contributed by atoms with van der Waals surface area (Å²) in [6, 6.07) is 15.4. The first kappa shape index (κ1) is 30.3. The molecule has 0 saturated carbocycles. The highest BCUT2D eigenvalue weighted by Gasteiger charge is 2.20. The molecule has 0 bridgehead atoms. The van der Waals surface area contributed by atoms with Gasteiger partial charge in [-0.15, -0.1) is 0 Å². The zero-order chi connectivity index (χ0) is 30.3. The molecule has 0 unspecified atom stereocenters. The number of benzene rings is 2. The van der Waals surface area contributed by atoms with Crippen molar-refractivity contribution in [2.24, 2.45) is 4.99 Å². The number of ether oxygens (including phenoxy) is 2. The number of carbonyl (C=O) groups is 1. The van der Waals surface area contributed by atoms with Crippen LogP contribution in [0.15, 0.2) is 65.9 Å². The number of hydrogen-bond donors (Lipinski definition) is 3. The molecular weight excluding hydrogens is 589 g/mol. The van der Waals surface area contributed by atoms with Crippen LogP contribution in [0, 0.1) is 0 Å². The normalized spacial score (nSPS) is 12.5. The first-order valence-electron chi connectivity index (χ1n) is 13.8. The maximum Gasteiger partial charge on any atom is 0.303 e. The molecule has 2 aromatic carbocycles. The van der Waals surface area contributed by atoms with E-state index in [0.29, 0.717) is 53.3 Å². The molecule has 0 fully saturated rings. The molecule has 3 heterocycles. The van der Waals surface area contributed by atoms with Gasteiger partial charge < -0.3 is 25.2 Å². The van der Waals surface area contributed by atoms with Crippen LogP contribution in [0.25, 0.3) is 33.4 Å². The van der Waals surface area contributed by atoms with Crippen LogP contribution in [0.5, 0.6) is 11.5 Å². The van der Waals surface area contributed by atoms with E-state index < -0.39 is 5.97 Å². The van der Waals surface area contributed by atoms with Crippen molar-refractivity contribution < 1.29 is 19.4 Å². The van der Waals surface area contributed by atoms with Gasteiger partial charge in [-0.1, -0.05) is 59.6 Å². The van der Waals surface area contributed by atoms with Crippen LogP contribution in [-0.2, 0) is 11.3 Å². The molecule has 3 N–H and O–H groups in total. The lowest BCUT2D eigenvalue weighted by Crippen LogP contribution is -2.21. The van der Waals surface area contributed by atoms with Gasteiger partial charge in [0.1, 0.15) is 17.2 Å². The minimum absolute atomic E-state index is 0.115. The van der Waals surface area contributed by atoms with E-state index in [1.165, 1.54) is 0 Å². The number of aliphatic imine (C=N–C) groups is 1. The summed E-state index contributed by atoms with van der Waals surface area (Å²) in [6.45, 7) is 2.49.